The highest BCUT2D eigenvalue weighted by Gasteiger charge is 2.14. The molecule has 1 amide bonds. The van der Waals surface area contributed by atoms with E-state index < -0.39 is 11.4 Å². The Kier molecular flexibility index (Phi) is 5.70. The van der Waals surface area contributed by atoms with Crippen LogP contribution in [0.5, 0.6) is 0 Å². The van der Waals surface area contributed by atoms with E-state index in [2.05, 4.69) is 10.3 Å². The van der Waals surface area contributed by atoms with Crippen molar-refractivity contribution in [1.29, 1.82) is 0 Å². The number of carbonyl (C=O) groups excluding carboxylic acids is 1. The second kappa shape index (κ2) is 9.11. The molecule has 5 aromatic rings. The molecule has 0 bridgehead atoms. The van der Waals surface area contributed by atoms with Crippen molar-refractivity contribution in [2.24, 2.45) is 0 Å². The lowest BCUT2D eigenvalue weighted by molar-refractivity contribution is -0.121. The Hall–Kier alpha value is -4.59. The van der Waals surface area contributed by atoms with Crippen molar-refractivity contribution in [3.05, 3.63) is 113 Å². The number of hydrogen-bond donors (Lipinski definition) is 1. The maximum atomic E-state index is 13.6. The molecule has 2 heterocycles. The summed E-state index contributed by atoms with van der Waals surface area (Å²) in [5.41, 5.74) is 3.32. The molecule has 0 saturated heterocycles. The lowest BCUT2D eigenvalue weighted by atomic mass is 10.1. The quantitative estimate of drug-likeness (QED) is 0.425. The van der Waals surface area contributed by atoms with Crippen molar-refractivity contribution in [1.82, 2.24) is 24.6 Å². The van der Waals surface area contributed by atoms with Crippen LogP contribution in [0.1, 0.15) is 5.56 Å². The SMILES string of the molecule is O=C(Cn1cnc2ccc(F)cc2c1=O)NCc1cn(-c2ccccc2)nc1-c1ccccc1. The van der Waals surface area contributed by atoms with Crippen LogP contribution in [0.2, 0.25) is 0 Å². The first-order valence-electron chi connectivity index (χ1n) is 10.7. The van der Waals surface area contributed by atoms with Crippen molar-refractivity contribution in [2.75, 3.05) is 0 Å². The standard InChI is InChI=1S/C26H20FN5O2/c27-20-11-12-23-22(13-20)26(34)31(17-29-23)16-24(33)28-14-19-15-32(21-9-5-2-6-10-21)30-25(19)18-7-3-1-4-8-18/h1-13,15,17H,14,16H2,(H,28,33). The third-order valence-electron chi connectivity index (χ3n) is 5.43. The van der Waals surface area contributed by atoms with Crippen molar-refractivity contribution < 1.29 is 9.18 Å². The summed E-state index contributed by atoms with van der Waals surface area (Å²) in [5, 5.41) is 7.72. The smallest absolute Gasteiger partial charge is 0.261 e. The van der Waals surface area contributed by atoms with E-state index in [9.17, 15) is 14.0 Å². The van der Waals surface area contributed by atoms with Crippen LogP contribution < -0.4 is 10.9 Å². The lowest BCUT2D eigenvalue weighted by Gasteiger charge is -2.08. The third kappa shape index (κ3) is 4.33. The van der Waals surface area contributed by atoms with E-state index in [4.69, 9.17) is 5.10 Å². The van der Waals surface area contributed by atoms with Gasteiger partial charge >= 0.3 is 0 Å². The molecular weight excluding hydrogens is 433 g/mol. The Morgan fingerprint density at radius 3 is 2.47 bits per heavy atom. The summed E-state index contributed by atoms with van der Waals surface area (Å²) in [4.78, 5) is 29.5. The van der Waals surface area contributed by atoms with Gasteiger partial charge in [-0.15, -0.1) is 0 Å². The van der Waals surface area contributed by atoms with Gasteiger partial charge in [0.1, 0.15) is 12.4 Å². The van der Waals surface area contributed by atoms with Gasteiger partial charge in [0.05, 0.1) is 28.6 Å². The fraction of sp³-hybridized carbons (Fsp3) is 0.0769. The number of carbonyl (C=O) groups is 1. The number of fused-ring (bicyclic) bond motifs is 1. The van der Waals surface area contributed by atoms with Gasteiger partial charge in [0.15, 0.2) is 0 Å². The lowest BCUT2D eigenvalue weighted by Crippen LogP contribution is -2.32. The minimum absolute atomic E-state index is 0.130. The number of amides is 1. The molecule has 0 spiro atoms. The average Bonchev–Trinajstić information content (AvgIpc) is 3.30. The molecule has 168 valence electrons. The first kappa shape index (κ1) is 21.3. The van der Waals surface area contributed by atoms with Crippen molar-refractivity contribution in [3.8, 4) is 16.9 Å². The number of rotatable bonds is 6. The zero-order valence-corrected chi connectivity index (χ0v) is 18.1. The maximum Gasteiger partial charge on any atom is 0.261 e. The van der Waals surface area contributed by atoms with E-state index >= 15 is 0 Å². The van der Waals surface area contributed by atoms with Crippen molar-refractivity contribution in [3.63, 3.8) is 0 Å². The molecule has 0 aliphatic carbocycles. The Balaban J connectivity index is 1.38. The van der Waals surface area contributed by atoms with Crippen LogP contribution in [0.4, 0.5) is 4.39 Å². The summed E-state index contributed by atoms with van der Waals surface area (Å²) in [7, 11) is 0. The predicted molar refractivity (Wildman–Crippen MR) is 127 cm³/mol. The van der Waals surface area contributed by atoms with Gasteiger partial charge in [-0.2, -0.15) is 5.10 Å². The molecule has 0 radical (unpaired) electrons. The number of hydrogen-bond acceptors (Lipinski definition) is 4. The summed E-state index contributed by atoms with van der Waals surface area (Å²) in [6.07, 6.45) is 3.18. The number of para-hydroxylation sites is 1. The highest BCUT2D eigenvalue weighted by atomic mass is 19.1. The number of halogens is 1. The van der Waals surface area contributed by atoms with E-state index in [0.29, 0.717) is 5.52 Å². The minimum Gasteiger partial charge on any atom is -0.350 e. The maximum absolute atomic E-state index is 13.6. The minimum atomic E-state index is -0.530. The Bertz CT molecular complexity index is 1530. The van der Waals surface area contributed by atoms with E-state index in [0.717, 1.165) is 28.6 Å². The second-order valence-electron chi connectivity index (χ2n) is 7.76. The van der Waals surface area contributed by atoms with Crippen LogP contribution in [-0.4, -0.2) is 25.2 Å². The van der Waals surface area contributed by atoms with E-state index in [1.54, 1.807) is 4.68 Å². The number of nitrogens with zero attached hydrogens (tertiary/aromatic N) is 4. The molecule has 0 unspecified atom stereocenters. The number of nitrogens with one attached hydrogen (secondary N) is 1. The molecule has 8 heteroatoms. The zero-order valence-electron chi connectivity index (χ0n) is 18.1. The van der Waals surface area contributed by atoms with Gasteiger partial charge in [-0.25, -0.2) is 14.1 Å². The van der Waals surface area contributed by atoms with E-state index in [1.165, 1.54) is 23.0 Å². The fourth-order valence-corrected chi connectivity index (χ4v) is 3.74. The molecule has 0 fully saturated rings. The summed E-state index contributed by atoms with van der Waals surface area (Å²) in [5.74, 6) is -0.899. The first-order valence-corrected chi connectivity index (χ1v) is 10.7. The van der Waals surface area contributed by atoms with Gasteiger partial charge in [0.25, 0.3) is 5.56 Å². The average molecular weight is 453 g/mol. The molecule has 0 aliphatic heterocycles. The highest BCUT2D eigenvalue weighted by Crippen LogP contribution is 2.23. The van der Waals surface area contributed by atoms with E-state index in [1.807, 2.05) is 66.9 Å². The van der Waals surface area contributed by atoms with Crippen LogP contribution >= 0.6 is 0 Å². The topological polar surface area (TPSA) is 81.8 Å². The largest absolute Gasteiger partial charge is 0.350 e. The number of benzene rings is 3. The third-order valence-corrected chi connectivity index (χ3v) is 5.43. The molecule has 7 nitrogen and oxygen atoms in total. The molecular formula is C26H20FN5O2. The molecule has 0 saturated carbocycles. The van der Waals surface area contributed by atoms with Gasteiger partial charge in [-0.05, 0) is 30.3 Å². The predicted octanol–water partition coefficient (Wildman–Crippen LogP) is 3.70. The van der Waals surface area contributed by atoms with Gasteiger partial charge in [-0.1, -0.05) is 48.5 Å². The van der Waals surface area contributed by atoms with Crippen LogP contribution in [-0.2, 0) is 17.9 Å². The molecule has 0 atom stereocenters. The summed E-state index contributed by atoms with van der Waals surface area (Å²) >= 11 is 0. The van der Waals surface area contributed by atoms with Crippen molar-refractivity contribution in [2.45, 2.75) is 13.1 Å². The summed E-state index contributed by atoms with van der Waals surface area (Å²) < 4.78 is 16.5. The number of aromatic nitrogens is 4. The Labute approximate surface area is 194 Å². The Morgan fingerprint density at radius 2 is 1.71 bits per heavy atom. The van der Waals surface area contributed by atoms with E-state index in [-0.39, 0.29) is 24.4 Å². The molecule has 1 N–H and O–H groups in total. The molecule has 3 aromatic carbocycles. The van der Waals surface area contributed by atoms with Crippen LogP contribution in [0.3, 0.4) is 0 Å². The fourth-order valence-electron chi connectivity index (χ4n) is 3.74. The summed E-state index contributed by atoms with van der Waals surface area (Å²) in [6, 6.07) is 23.2. The first-order chi connectivity index (χ1) is 16.6. The van der Waals surface area contributed by atoms with Gasteiger partial charge in [0.2, 0.25) is 5.91 Å². The van der Waals surface area contributed by atoms with Crippen LogP contribution in [0.15, 0.2) is 96.2 Å². The second-order valence-corrected chi connectivity index (χ2v) is 7.76. The van der Waals surface area contributed by atoms with Crippen molar-refractivity contribution >= 4 is 16.8 Å². The van der Waals surface area contributed by atoms with Crippen LogP contribution in [0, 0.1) is 5.82 Å². The highest BCUT2D eigenvalue weighted by molar-refractivity contribution is 5.79. The normalized spacial score (nSPS) is 11.0. The summed E-state index contributed by atoms with van der Waals surface area (Å²) in [6.45, 7) is -0.00787. The van der Waals surface area contributed by atoms with Gasteiger partial charge in [-0.3, -0.25) is 14.2 Å². The molecule has 5 rings (SSSR count). The monoisotopic (exact) mass is 453 g/mol. The molecule has 0 aliphatic rings. The molecule has 2 aromatic heterocycles. The Morgan fingerprint density at radius 1 is 0.971 bits per heavy atom. The zero-order chi connectivity index (χ0) is 23.5. The molecule has 34 heavy (non-hydrogen) atoms. The van der Waals surface area contributed by atoms with Crippen LogP contribution in [0.25, 0.3) is 27.8 Å². The van der Waals surface area contributed by atoms with Gasteiger partial charge in [0, 0.05) is 23.9 Å². The van der Waals surface area contributed by atoms with Gasteiger partial charge < -0.3 is 5.32 Å².